The predicted molar refractivity (Wildman–Crippen MR) is 102 cm³/mol. The maximum Gasteiger partial charge on any atom is 0.241 e. The van der Waals surface area contributed by atoms with Gasteiger partial charge in [-0.1, -0.05) is 55.0 Å². The van der Waals surface area contributed by atoms with E-state index in [-0.39, 0.29) is 22.5 Å². The molecule has 1 saturated carbocycles. The first-order valence-electron chi connectivity index (χ1n) is 9.05. The van der Waals surface area contributed by atoms with Crippen molar-refractivity contribution in [2.24, 2.45) is 11.8 Å². The van der Waals surface area contributed by atoms with Crippen LogP contribution in [0, 0.1) is 18.8 Å². The van der Waals surface area contributed by atoms with Gasteiger partial charge in [0.05, 0.1) is 10.9 Å². The number of hydrogen-bond donors (Lipinski definition) is 1. The highest BCUT2D eigenvalue weighted by Crippen LogP contribution is 2.37. The van der Waals surface area contributed by atoms with Crippen LogP contribution in [0.3, 0.4) is 0 Å². The summed E-state index contributed by atoms with van der Waals surface area (Å²) in [5.41, 5.74) is 1.83. The minimum atomic E-state index is -3.72. The fraction of sp³-hybridized carbons (Fsp3) is 0.381. The lowest BCUT2D eigenvalue weighted by molar-refractivity contribution is -0.127. The largest absolute Gasteiger partial charge is 0.299 e. The summed E-state index contributed by atoms with van der Waals surface area (Å²) in [7, 11) is -3.72. The van der Waals surface area contributed by atoms with Crippen LogP contribution in [-0.4, -0.2) is 14.2 Å². The number of Topliss-reactive ketones (excluding diaryl/α,β-unsaturated/α-hetero) is 1. The highest BCUT2D eigenvalue weighted by atomic mass is 32.2. The molecule has 4 nitrogen and oxygen atoms in total. The molecule has 3 rings (SSSR count). The molecule has 0 bridgehead atoms. The quantitative estimate of drug-likeness (QED) is 0.863. The number of nitrogens with one attached hydrogen (secondary N) is 1. The van der Waals surface area contributed by atoms with Crippen LogP contribution in [0.25, 0.3) is 0 Å². The second-order valence-corrected chi connectivity index (χ2v) is 8.90. The lowest BCUT2D eigenvalue weighted by Gasteiger charge is -2.34. The van der Waals surface area contributed by atoms with Crippen LogP contribution in [-0.2, 0) is 14.8 Å². The zero-order valence-corrected chi connectivity index (χ0v) is 16.0. The SMILES string of the molecule is Cc1ccc(S(=O)(=O)N[C@H](c2ccccc2)[C@@H]2C(=O)CCC[C@H]2C)cc1. The van der Waals surface area contributed by atoms with E-state index in [9.17, 15) is 13.2 Å². The number of sulfonamides is 1. The van der Waals surface area contributed by atoms with Gasteiger partial charge in [0.1, 0.15) is 5.78 Å². The minimum absolute atomic E-state index is 0.141. The summed E-state index contributed by atoms with van der Waals surface area (Å²) in [5, 5.41) is 0. The molecule has 26 heavy (non-hydrogen) atoms. The van der Waals surface area contributed by atoms with Crippen molar-refractivity contribution in [1.29, 1.82) is 0 Å². The predicted octanol–water partition coefficient (Wildman–Crippen LogP) is 4.02. The van der Waals surface area contributed by atoms with Crippen LogP contribution < -0.4 is 4.72 Å². The lowest BCUT2D eigenvalue weighted by Crippen LogP contribution is -2.41. The fourth-order valence-electron chi connectivity index (χ4n) is 3.74. The smallest absolute Gasteiger partial charge is 0.241 e. The molecule has 0 spiro atoms. The van der Waals surface area contributed by atoms with E-state index in [1.54, 1.807) is 24.3 Å². The Hall–Kier alpha value is -1.98. The molecule has 3 atom stereocenters. The third kappa shape index (κ3) is 4.05. The van der Waals surface area contributed by atoms with Crippen LogP contribution in [0.15, 0.2) is 59.5 Å². The summed E-state index contributed by atoms with van der Waals surface area (Å²) in [5.74, 6) is -0.0576. The molecule has 0 saturated heterocycles. The van der Waals surface area contributed by atoms with Crippen molar-refractivity contribution in [2.45, 2.75) is 44.0 Å². The molecule has 0 aromatic heterocycles. The van der Waals surface area contributed by atoms with Gasteiger partial charge in [-0.25, -0.2) is 13.1 Å². The van der Waals surface area contributed by atoms with E-state index in [0.29, 0.717) is 6.42 Å². The fourth-order valence-corrected chi connectivity index (χ4v) is 4.99. The third-order valence-corrected chi connectivity index (χ3v) is 6.66. The number of aryl methyl sites for hydroxylation is 1. The summed E-state index contributed by atoms with van der Waals surface area (Å²) in [6.07, 6.45) is 2.33. The standard InChI is InChI=1S/C21H25NO3S/c1-15-11-13-18(14-12-15)26(24,25)22-21(17-8-4-3-5-9-17)20-16(2)7-6-10-19(20)23/h3-5,8-9,11-14,16,20-22H,6-7,10H2,1-2H3/t16-,20+,21-/m1/s1. The van der Waals surface area contributed by atoms with E-state index in [1.807, 2.05) is 44.2 Å². The first kappa shape index (κ1) is 18.8. The molecule has 2 aromatic rings. The number of rotatable bonds is 5. The molecule has 1 N–H and O–H groups in total. The molecule has 138 valence electrons. The van der Waals surface area contributed by atoms with E-state index >= 15 is 0 Å². The zero-order chi connectivity index (χ0) is 18.7. The van der Waals surface area contributed by atoms with Gasteiger partial charge in [0.25, 0.3) is 0 Å². The Morgan fingerprint density at radius 2 is 1.69 bits per heavy atom. The summed E-state index contributed by atoms with van der Waals surface area (Å²) in [4.78, 5) is 12.9. The average molecular weight is 372 g/mol. The Morgan fingerprint density at radius 3 is 2.31 bits per heavy atom. The van der Waals surface area contributed by atoms with Gasteiger partial charge < -0.3 is 0 Å². The number of hydrogen-bond acceptors (Lipinski definition) is 3. The van der Waals surface area contributed by atoms with Gasteiger partial charge in [-0.05, 0) is 43.4 Å². The van der Waals surface area contributed by atoms with Gasteiger partial charge >= 0.3 is 0 Å². The first-order valence-corrected chi connectivity index (χ1v) is 10.5. The van der Waals surface area contributed by atoms with Crippen LogP contribution in [0.4, 0.5) is 0 Å². The molecule has 1 aliphatic rings. The van der Waals surface area contributed by atoms with Gasteiger partial charge in [0.15, 0.2) is 0 Å². The van der Waals surface area contributed by atoms with Crippen molar-refractivity contribution in [2.75, 3.05) is 0 Å². The molecular formula is C21H25NO3S. The second-order valence-electron chi connectivity index (χ2n) is 7.18. The molecule has 0 amide bonds. The zero-order valence-electron chi connectivity index (χ0n) is 15.2. The third-order valence-electron chi connectivity index (χ3n) is 5.20. The normalized spacial score (nSPS) is 22.2. The molecule has 5 heteroatoms. The van der Waals surface area contributed by atoms with Crippen LogP contribution in [0.1, 0.15) is 43.4 Å². The Labute approximate surface area is 155 Å². The van der Waals surface area contributed by atoms with Gasteiger partial charge in [0.2, 0.25) is 10.0 Å². The Kier molecular flexibility index (Phi) is 5.58. The highest BCUT2D eigenvalue weighted by molar-refractivity contribution is 7.89. The van der Waals surface area contributed by atoms with Crippen molar-refractivity contribution >= 4 is 15.8 Å². The summed E-state index contributed by atoms with van der Waals surface area (Å²) in [6.45, 7) is 3.96. The Balaban J connectivity index is 1.98. The number of benzene rings is 2. The van der Waals surface area contributed by atoms with Gasteiger partial charge in [-0.3, -0.25) is 4.79 Å². The molecule has 0 aliphatic heterocycles. The molecule has 0 heterocycles. The van der Waals surface area contributed by atoms with Crippen molar-refractivity contribution in [3.05, 3.63) is 65.7 Å². The van der Waals surface area contributed by atoms with E-state index in [1.165, 1.54) is 0 Å². The first-order chi connectivity index (χ1) is 12.4. The molecular weight excluding hydrogens is 346 g/mol. The van der Waals surface area contributed by atoms with Gasteiger partial charge in [0, 0.05) is 12.3 Å². The maximum absolute atomic E-state index is 13.0. The lowest BCUT2D eigenvalue weighted by atomic mass is 9.74. The molecule has 0 unspecified atom stereocenters. The van der Waals surface area contributed by atoms with E-state index in [0.717, 1.165) is 24.0 Å². The maximum atomic E-state index is 13.0. The number of ketones is 1. The van der Waals surface area contributed by atoms with Crippen molar-refractivity contribution < 1.29 is 13.2 Å². The number of carbonyl (C=O) groups excluding carboxylic acids is 1. The van der Waals surface area contributed by atoms with Crippen LogP contribution in [0.2, 0.25) is 0 Å². The summed E-state index contributed by atoms with van der Waals surface area (Å²) >= 11 is 0. The monoisotopic (exact) mass is 371 g/mol. The van der Waals surface area contributed by atoms with E-state index in [4.69, 9.17) is 0 Å². The van der Waals surface area contributed by atoms with Crippen molar-refractivity contribution in [3.8, 4) is 0 Å². The topological polar surface area (TPSA) is 63.2 Å². The van der Waals surface area contributed by atoms with Crippen molar-refractivity contribution in [3.63, 3.8) is 0 Å². The molecule has 1 fully saturated rings. The average Bonchev–Trinajstić information content (AvgIpc) is 2.62. The second kappa shape index (κ2) is 7.72. The summed E-state index contributed by atoms with van der Waals surface area (Å²) in [6, 6.07) is 15.6. The van der Waals surface area contributed by atoms with E-state index < -0.39 is 16.1 Å². The Morgan fingerprint density at radius 1 is 1.04 bits per heavy atom. The Bertz CT molecular complexity index is 860. The van der Waals surface area contributed by atoms with Gasteiger partial charge in [-0.15, -0.1) is 0 Å². The number of carbonyl (C=O) groups is 1. The van der Waals surface area contributed by atoms with Gasteiger partial charge in [-0.2, -0.15) is 0 Å². The summed E-state index contributed by atoms with van der Waals surface area (Å²) < 4.78 is 28.7. The highest BCUT2D eigenvalue weighted by Gasteiger charge is 2.38. The minimum Gasteiger partial charge on any atom is -0.299 e. The molecule has 0 radical (unpaired) electrons. The van der Waals surface area contributed by atoms with Crippen molar-refractivity contribution in [1.82, 2.24) is 4.72 Å². The molecule has 2 aromatic carbocycles. The molecule has 1 aliphatic carbocycles. The van der Waals surface area contributed by atoms with Crippen LogP contribution in [0.5, 0.6) is 0 Å². The van der Waals surface area contributed by atoms with E-state index in [2.05, 4.69) is 4.72 Å². The van der Waals surface area contributed by atoms with Crippen LogP contribution >= 0.6 is 0 Å².